The molecule has 1 amide bonds. The van der Waals surface area contributed by atoms with Crippen molar-refractivity contribution >= 4 is 46.6 Å². The molecule has 3 aromatic carbocycles. The number of nitriles is 1. The molecule has 0 aliphatic rings. The predicted molar refractivity (Wildman–Crippen MR) is 128 cm³/mol. The van der Waals surface area contributed by atoms with Gasteiger partial charge in [0.25, 0.3) is 5.91 Å². The average molecular weight is 471 g/mol. The van der Waals surface area contributed by atoms with Crippen LogP contribution in [-0.2, 0) is 0 Å². The highest BCUT2D eigenvalue weighted by atomic mass is 35.5. The zero-order valence-corrected chi connectivity index (χ0v) is 19.5. The number of amides is 1. The average Bonchev–Trinajstić information content (AvgIpc) is 2.78. The largest absolute Gasteiger partial charge is 0.496 e. The third-order valence-electron chi connectivity index (χ3n) is 4.89. The van der Waals surface area contributed by atoms with Gasteiger partial charge in [-0.3, -0.25) is 4.79 Å². The van der Waals surface area contributed by atoms with Crippen molar-refractivity contribution in [2.75, 3.05) is 18.7 Å². The number of nitrogens with one attached hydrogen (secondary N) is 1. The number of carbonyl (C=O) groups excluding carboxylic acids is 1. The van der Waals surface area contributed by atoms with E-state index in [4.69, 9.17) is 27.9 Å². The van der Waals surface area contributed by atoms with E-state index >= 15 is 0 Å². The van der Waals surface area contributed by atoms with Crippen molar-refractivity contribution in [1.82, 2.24) is 0 Å². The maximum atomic E-state index is 12.9. The summed E-state index contributed by atoms with van der Waals surface area (Å²) in [5.41, 5.74) is 3.26. The highest BCUT2D eigenvalue weighted by molar-refractivity contribution is 7.98. The predicted octanol–water partition coefficient (Wildman–Crippen LogP) is 6.94. The standard InChI is InChI=1S/C24H20Cl2N2O2S/c1-14-10-19(20(13-27)15-4-6-16(25)7-5-15)21(26)12-22(14)28-24(29)18-9-8-17(31-3)11-23(18)30-2/h4-12,20H,1-3H3,(H,28,29)/t20-/m0/s1. The van der Waals surface area contributed by atoms with Crippen LogP contribution in [0.15, 0.2) is 59.5 Å². The smallest absolute Gasteiger partial charge is 0.259 e. The molecule has 0 fully saturated rings. The maximum Gasteiger partial charge on any atom is 0.259 e. The zero-order chi connectivity index (χ0) is 22.5. The molecule has 0 saturated heterocycles. The van der Waals surface area contributed by atoms with Crippen molar-refractivity contribution in [2.24, 2.45) is 0 Å². The van der Waals surface area contributed by atoms with Crippen LogP contribution in [0.3, 0.4) is 0 Å². The number of nitrogens with zero attached hydrogens (tertiary/aromatic N) is 1. The number of carbonyl (C=O) groups is 1. The molecule has 4 nitrogen and oxygen atoms in total. The molecular weight excluding hydrogens is 451 g/mol. The zero-order valence-electron chi connectivity index (χ0n) is 17.2. The molecule has 0 heterocycles. The molecule has 0 spiro atoms. The normalized spacial score (nSPS) is 11.5. The van der Waals surface area contributed by atoms with Gasteiger partial charge >= 0.3 is 0 Å². The second-order valence-electron chi connectivity index (χ2n) is 6.82. The minimum atomic E-state index is -0.549. The lowest BCUT2D eigenvalue weighted by atomic mass is 9.91. The van der Waals surface area contributed by atoms with Crippen LogP contribution in [0.1, 0.15) is 33.0 Å². The summed E-state index contributed by atoms with van der Waals surface area (Å²) in [6.45, 7) is 1.86. The van der Waals surface area contributed by atoms with Gasteiger partial charge in [-0.05, 0) is 66.3 Å². The molecule has 158 valence electrons. The second-order valence-corrected chi connectivity index (χ2v) is 8.55. The van der Waals surface area contributed by atoms with E-state index in [1.54, 1.807) is 36.0 Å². The van der Waals surface area contributed by atoms with Crippen molar-refractivity contribution in [3.05, 3.63) is 86.9 Å². The monoisotopic (exact) mass is 470 g/mol. The van der Waals surface area contributed by atoms with E-state index < -0.39 is 5.92 Å². The number of hydrogen-bond donors (Lipinski definition) is 1. The fraction of sp³-hybridized carbons (Fsp3) is 0.167. The molecule has 7 heteroatoms. The summed E-state index contributed by atoms with van der Waals surface area (Å²) in [7, 11) is 1.53. The topological polar surface area (TPSA) is 62.1 Å². The van der Waals surface area contributed by atoms with Crippen LogP contribution < -0.4 is 10.1 Å². The second kappa shape index (κ2) is 10.1. The van der Waals surface area contributed by atoms with Crippen LogP contribution >= 0.6 is 35.0 Å². The van der Waals surface area contributed by atoms with Gasteiger partial charge in [0, 0.05) is 20.6 Å². The first-order chi connectivity index (χ1) is 14.9. The summed E-state index contributed by atoms with van der Waals surface area (Å²) in [5, 5.41) is 13.6. The lowest BCUT2D eigenvalue weighted by Crippen LogP contribution is -2.14. The van der Waals surface area contributed by atoms with E-state index in [-0.39, 0.29) is 5.91 Å². The number of aryl methyl sites for hydroxylation is 1. The number of hydrogen-bond acceptors (Lipinski definition) is 4. The fourth-order valence-corrected chi connectivity index (χ4v) is 4.04. The number of thioether (sulfide) groups is 1. The highest BCUT2D eigenvalue weighted by Gasteiger charge is 2.20. The molecule has 31 heavy (non-hydrogen) atoms. The first kappa shape index (κ1) is 23.0. The lowest BCUT2D eigenvalue weighted by Gasteiger charge is -2.17. The van der Waals surface area contributed by atoms with Gasteiger partial charge in [0.2, 0.25) is 0 Å². The number of halogens is 2. The Bertz CT molecular complexity index is 1160. The van der Waals surface area contributed by atoms with Crippen molar-refractivity contribution < 1.29 is 9.53 Å². The van der Waals surface area contributed by atoms with Crippen LogP contribution in [0.4, 0.5) is 5.69 Å². The fourth-order valence-electron chi connectivity index (χ4n) is 3.21. The van der Waals surface area contributed by atoms with Crippen molar-refractivity contribution in [1.29, 1.82) is 5.26 Å². The summed E-state index contributed by atoms with van der Waals surface area (Å²) in [4.78, 5) is 13.9. The Kier molecular flexibility index (Phi) is 7.50. The molecule has 0 bridgehead atoms. The van der Waals surface area contributed by atoms with Crippen LogP contribution in [-0.4, -0.2) is 19.3 Å². The molecule has 0 aliphatic heterocycles. The highest BCUT2D eigenvalue weighted by Crippen LogP contribution is 2.35. The SMILES string of the molecule is COc1cc(SC)ccc1C(=O)Nc1cc(Cl)c([C@@H](C#N)c2ccc(Cl)cc2)cc1C. The van der Waals surface area contributed by atoms with Crippen LogP contribution in [0, 0.1) is 18.3 Å². The van der Waals surface area contributed by atoms with E-state index in [1.807, 2.05) is 43.5 Å². The molecule has 1 N–H and O–H groups in total. The summed E-state index contributed by atoms with van der Waals surface area (Å²) in [6.07, 6.45) is 1.96. The van der Waals surface area contributed by atoms with Gasteiger partial charge in [-0.15, -0.1) is 11.8 Å². The van der Waals surface area contributed by atoms with E-state index in [0.717, 1.165) is 16.0 Å². The summed E-state index contributed by atoms with van der Waals surface area (Å²) in [6, 6.07) is 18.3. The molecule has 0 saturated carbocycles. The van der Waals surface area contributed by atoms with Gasteiger partial charge in [0.15, 0.2) is 0 Å². The Labute approximate surface area is 196 Å². The Morgan fingerprint density at radius 3 is 2.45 bits per heavy atom. The minimum Gasteiger partial charge on any atom is -0.496 e. The van der Waals surface area contributed by atoms with E-state index in [1.165, 1.54) is 7.11 Å². The van der Waals surface area contributed by atoms with Gasteiger partial charge in [0.05, 0.1) is 24.7 Å². The summed E-state index contributed by atoms with van der Waals surface area (Å²) < 4.78 is 5.38. The quantitative estimate of drug-likeness (QED) is 0.396. The molecule has 3 rings (SSSR count). The van der Waals surface area contributed by atoms with E-state index in [2.05, 4.69) is 11.4 Å². The summed E-state index contributed by atoms with van der Waals surface area (Å²) >= 11 is 14.1. The minimum absolute atomic E-state index is 0.300. The van der Waals surface area contributed by atoms with Crippen LogP contribution in [0.2, 0.25) is 10.0 Å². The Hall–Kier alpha value is -2.65. The Morgan fingerprint density at radius 1 is 1.13 bits per heavy atom. The third-order valence-corrected chi connectivity index (χ3v) is 6.19. The molecule has 1 atom stereocenters. The van der Waals surface area contributed by atoms with Crippen LogP contribution in [0.25, 0.3) is 0 Å². The molecular formula is C24H20Cl2N2O2S. The lowest BCUT2D eigenvalue weighted by molar-refractivity contribution is 0.102. The Morgan fingerprint density at radius 2 is 1.84 bits per heavy atom. The first-order valence-electron chi connectivity index (χ1n) is 9.36. The molecule has 0 unspecified atom stereocenters. The first-order valence-corrected chi connectivity index (χ1v) is 11.3. The molecule has 0 radical (unpaired) electrons. The van der Waals surface area contributed by atoms with Gasteiger partial charge in [0.1, 0.15) is 5.75 Å². The van der Waals surface area contributed by atoms with E-state index in [0.29, 0.717) is 32.6 Å². The van der Waals surface area contributed by atoms with Crippen molar-refractivity contribution in [3.8, 4) is 11.8 Å². The number of methoxy groups -OCH3 is 1. The van der Waals surface area contributed by atoms with E-state index in [9.17, 15) is 10.1 Å². The van der Waals surface area contributed by atoms with Gasteiger partial charge < -0.3 is 10.1 Å². The van der Waals surface area contributed by atoms with Crippen LogP contribution in [0.5, 0.6) is 5.75 Å². The number of rotatable bonds is 6. The van der Waals surface area contributed by atoms with Crippen molar-refractivity contribution in [2.45, 2.75) is 17.7 Å². The van der Waals surface area contributed by atoms with Gasteiger partial charge in [-0.25, -0.2) is 0 Å². The molecule has 0 aliphatic carbocycles. The molecule has 0 aromatic heterocycles. The Balaban J connectivity index is 1.91. The number of anilines is 1. The van der Waals surface area contributed by atoms with Gasteiger partial charge in [-0.1, -0.05) is 41.4 Å². The summed E-state index contributed by atoms with van der Waals surface area (Å²) in [5.74, 6) is -0.352. The third kappa shape index (κ3) is 5.16. The van der Waals surface area contributed by atoms with Crippen molar-refractivity contribution in [3.63, 3.8) is 0 Å². The maximum absolute atomic E-state index is 12.9. The number of ether oxygens (including phenoxy) is 1. The number of benzene rings is 3. The van der Waals surface area contributed by atoms with Gasteiger partial charge in [-0.2, -0.15) is 5.26 Å². The molecule has 3 aromatic rings.